The second-order valence-electron chi connectivity index (χ2n) is 5.22. The molecule has 3 heteroatoms. The van der Waals surface area contributed by atoms with Crippen LogP contribution in [0, 0.1) is 17.1 Å². The minimum Gasteiger partial charge on any atom is -0.206 e. The van der Waals surface area contributed by atoms with E-state index in [1.54, 1.807) is 23.5 Å². The lowest BCUT2D eigenvalue weighted by Crippen LogP contribution is -2.07. The summed E-state index contributed by atoms with van der Waals surface area (Å²) in [5.74, 6) is -0.464. The van der Waals surface area contributed by atoms with Crippen LogP contribution in [0.25, 0.3) is 10.4 Å². The molecule has 0 unspecified atom stereocenters. The van der Waals surface area contributed by atoms with Crippen molar-refractivity contribution in [3.8, 4) is 16.5 Å². The minimum atomic E-state index is -0.464. The van der Waals surface area contributed by atoms with Crippen LogP contribution in [0.4, 0.5) is 4.39 Å². The Balaban J connectivity index is 2.44. The fourth-order valence-electron chi connectivity index (χ4n) is 1.66. The molecule has 1 aromatic carbocycles. The lowest BCUT2D eigenvalue weighted by molar-refractivity contribution is 0.604. The molecule has 2 aromatic rings. The van der Waals surface area contributed by atoms with Gasteiger partial charge in [-0.1, -0.05) is 26.8 Å². The molecular weight excluding hydrogens is 245 g/mol. The van der Waals surface area contributed by atoms with Gasteiger partial charge in [0.1, 0.15) is 11.9 Å². The smallest absolute Gasteiger partial charge is 0.140 e. The second-order valence-corrected chi connectivity index (χ2v) is 6.30. The number of thiophene rings is 1. The summed E-state index contributed by atoms with van der Waals surface area (Å²) in [6, 6.07) is 10.7. The van der Waals surface area contributed by atoms with E-state index in [0.29, 0.717) is 0 Å². The van der Waals surface area contributed by atoms with Gasteiger partial charge in [0.15, 0.2) is 0 Å². The largest absolute Gasteiger partial charge is 0.206 e. The molecule has 0 saturated heterocycles. The van der Waals surface area contributed by atoms with Crippen molar-refractivity contribution in [3.05, 3.63) is 46.6 Å². The summed E-state index contributed by atoms with van der Waals surface area (Å²) in [4.78, 5) is 2.34. The van der Waals surface area contributed by atoms with Gasteiger partial charge in [-0.3, -0.25) is 0 Å². The highest BCUT2D eigenvalue weighted by Crippen LogP contribution is 2.35. The first-order chi connectivity index (χ1) is 8.41. The topological polar surface area (TPSA) is 23.8 Å². The maximum Gasteiger partial charge on any atom is 0.140 e. The van der Waals surface area contributed by atoms with Gasteiger partial charge in [-0.05, 0) is 35.2 Å². The van der Waals surface area contributed by atoms with Gasteiger partial charge in [-0.25, -0.2) is 4.39 Å². The quantitative estimate of drug-likeness (QED) is 0.726. The Morgan fingerprint density at radius 3 is 2.44 bits per heavy atom. The molecule has 0 amide bonds. The van der Waals surface area contributed by atoms with E-state index in [4.69, 9.17) is 5.26 Å². The molecule has 0 aliphatic rings. The highest BCUT2D eigenvalue weighted by molar-refractivity contribution is 7.15. The van der Waals surface area contributed by atoms with Crippen molar-refractivity contribution in [3.63, 3.8) is 0 Å². The van der Waals surface area contributed by atoms with Crippen LogP contribution >= 0.6 is 11.3 Å². The number of nitriles is 1. The second kappa shape index (κ2) is 4.55. The normalized spacial score (nSPS) is 11.3. The molecular formula is C15H14FNS. The van der Waals surface area contributed by atoms with Crippen LogP contribution < -0.4 is 0 Å². The first-order valence-corrected chi connectivity index (χ1v) is 6.54. The van der Waals surface area contributed by atoms with Gasteiger partial charge in [0.2, 0.25) is 0 Å². The van der Waals surface area contributed by atoms with E-state index in [2.05, 4.69) is 26.8 Å². The zero-order chi connectivity index (χ0) is 13.3. The molecule has 18 heavy (non-hydrogen) atoms. The highest BCUT2D eigenvalue weighted by Gasteiger charge is 2.16. The predicted molar refractivity (Wildman–Crippen MR) is 73.1 cm³/mol. The molecule has 92 valence electrons. The molecule has 0 N–H and O–H groups in total. The molecule has 0 radical (unpaired) electrons. The van der Waals surface area contributed by atoms with Crippen LogP contribution in [0.3, 0.4) is 0 Å². The van der Waals surface area contributed by atoms with Crippen LogP contribution in [0.5, 0.6) is 0 Å². The summed E-state index contributed by atoms with van der Waals surface area (Å²) in [5, 5.41) is 8.84. The Hall–Kier alpha value is -1.66. The SMILES string of the molecule is CC(C)(C)c1ccc(-c2ccc(F)c(C#N)c2)s1. The van der Waals surface area contributed by atoms with Crippen LogP contribution in [-0.2, 0) is 5.41 Å². The van der Waals surface area contributed by atoms with Crippen molar-refractivity contribution >= 4 is 11.3 Å². The van der Waals surface area contributed by atoms with E-state index in [-0.39, 0.29) is 11.0 Å². The van der Waals surface area contributed by atoms with E-state index in [0.717, 1.165) is 10.4 Å². The van der Waals surface area contributed by atoms with Crippen molar-refractivity contribution in [2.45, 2.75) is 26.2 Å². The van der Waals surface area contributed by atoms with Gasteiger partial charge >= 0.3 is 0 Å². The Morgan fingerprint density at radius 2 is 1.89 bits per heavy atom. The fraction of sp³-hybridized carbons (Fsp3) is 0.267. The Morgan fingerprint density at radius 1 is 1.17 bits per heavy atom. The van der Waals surface area contributed by atoms with Crippen LogP contribution in [0.1, 0.15) is 31.2 Å². The van der Waals surface area contributed by atoms with Crippen LogP contribution in [0.15, 0.2) is 30.3 Å². The minimum absolute atomic E-state index is 0.0956. The summed E-state index contributed by atoms with van der Waals surface area (Å²) < 4.78 is 13.3. The Bertz CT molecular complexity index is 614. The molecule has 0 bridgehead atoms. The standard InChI is InChI=1S/C15H14FNS/c1-15(2,3)14-7-6-13(18-14)10-4-5-12(16)11(8-10)9-17/h4-8H,1-3H3. The van der Waals surface area contributed by atoms with Gasteiger partial charge in [-0.15, -0.1) is 11.3 Å². The maximum absolute atomic E-state index is 13.3. The monoisotopic (exact) mass is 259 g/mol. The van der Waals surface area contributed by atoms with Gasteiger partial charge < -0.3 is 0 Å². The molecule has 2 rings (SSSR count). The van der Waals surface area contributed by atoms with E-state index in [1.165, 1.54) is 10.9 Å². The van der Waals surface area contributed by atoms with Crippen molar-refractivity contribution in [1.82, 2.24) is 0 Å². The molecule has 0 saturated carbocycles. The van der Waals surface area contributed by atoms with E-state index in [9.17, 15) is 4.39 Å². The number of rotatable bonds is 1. The molecule has 1 nitrogen and oxygen atoms in total. The maximum atomic E-state index is 13.3. The zero-order valence-electron chi connectivity index (χ0n) is 10.6. The number of halogens is 1. The third-order valence-electron chi connectivity index (χ3n) is 2.72. The highest BCUT2D eigenvalue weighted by atomic mass is 32.1. The lowest BCUT2D eigenvalue weighted by atomic mass is 9.95. The average Bonchev–Trinajstić information content (AvgIpc) is 2.78. The predicted octanol–water partition coefficient (Wildman–Crippen LogP) is 4.72. The molecule has 1 heterocycles. The lowest BCUT2D eigenvalue weighted by Gasteiger charge is -2.15. The molecule has 0 aliphatic carbocycles. The first kappa shape index (κ1) is 12.8. The zero-order valence-corrected chi connectivity index (χ0v) is 11.4. The van der Waals surface area contributed by atoms with Crippen LogP contribution in [0.2, 0.25) is 0 Å². The van der Waals surface area contributed by atoms with Crippen molar-refractivity contribution in [2.24, 2.45) is 0 Å². The third kappa shape index (κ3) is 2.44. The molecule has 1 aromatic heterocycles. The van der Waals surface area contributed by atoms with Gasteiger partial charge in [0, 0.05) is 9.75 Å². The first-order valence-electron chi connectivity index (χ1n) is 5.72. The fourth-order valence-corrected chi connectivity index (χ4v) is 2.72. The summed E-state index contributed by atoms with van der Waals surface area (Å²) in [7, 11) is 0. The van der Waals surface area contributed by atoms with Crippen LogP contribution in [-0.4, -0.2) is 0 Å². The third-order valence-corrected chi connectivity index (χ3v) is 4.28. The number of hydrogen-bond donors (Lipinski definition) is 0. The summed E-state index contributed by atoms with van der Waals surface area (Å²) in [6.07, 6.45) is 0. The van der Waals surface area contributed by atoms with Gasteiger partial charge in [-0.2, -0.15) is 5.26 Å². The van der Waals surface area contributed by atoms with Gasteiger partial charge in [0.25, 0.3) is 0 Å². The summed E-state index contributed by atoms with van der Waals surface area (Å²) >= 11 is 1.69. The Kier molecular flexibility index (Phi) is 3.23. The summed E-state index contributed by atoms with van der Waals surface area (Å²) in [5.41, 5.74) is 1.10. The Labute approximate surface area is 111 Å². The molecule has 0 spiro atoms. The number of benzene rings is 1. The average molecular weight is 259 g/mol. The summed E-state index contributed by atoms with van der Waals surface area (Å²) in [6.45, 7) is 6.48. The number of hydrogen-bond acceptors (Lipinski definition) is 2. The molecule has 0 fully saturated rings. The number of nitrogens with zero attached hydrogens (tertiary/aromatic N) is 1. The van der Waals surface area contributed by atoms with Gasteiger partial charge in [0.05, 0.1) is 5.56 Å². The molecule has 0 atom stereocenters. The molecule has 0 aliphatic heterocycles. The van der Waals surface area contributed by atoms with E-state index >= 15 is 0 Å². The van der Waals surface area contributed by atoms with Crippen molar-refractivity contribution in [1.29, 1.82) is 5.26 Å². The van der Waals surface area contributed by atoms with Crippen molar-refractivity contribution < 1.29 is 4.39 Å². The van der Waals surface area contributed by atoms with E-state index < -0.39 is 5.82 Å². The van der Waals surface area contributed by atoms with E-state index in [1.807, 2.05) is 12.1 Å². The van der Waals surface area contributed by atoms with Crippen molar-refractivity contribution in [2.75, 3.05) is 0 Å².